The number of hydrogen-bond donors (Lipinski definition) is 2. The van der Waals surface area contributed by atoms with Crippen LogP contribution in [0.15, 0.2) is 16.5 Å². The van der Waals surface area contributed by atoms with E-state index in [4.69, 9.17) is 24.7 Å². The second kappa shape index (κ2) is 12.1. The van der Waals surface area contributed by atoms with Crippen LogP contribution in [0.3, 0.4) is 0 Å². The molecule has 2 rings (SSSR count). The van der Waals surface area contributed by atoms with Gasteiger partial charge in [-0.05, 0) is 34.6 Å². The summed E-state index contributed by atoms with van der Waals surface area (Å²) in [6, 6.07) is -2.03. The Balaban J connectivity index is 2.91. The van der Waals surface area contributed by atoms with Crippen LogP contribution in [0, 0.1) is 5.92 Å². The first kappa shape index (κ1) is 31.0. The van der Waals surface area contributed by atoms with Crippen LogP contribution in [0.2, 0.25) is 0 Å². The summed E-state index contributed by atoms with van der Waals surface area (Å²) in [7, 11) is 4.08. The second-order valence-electron chi connectivity index (χ2n) is 8.93. The molecule has 1 saturated heterocycles. The Kier molecular flexibility index (Phi) is 9.62. The van der Waals surface area contributed by atoms with Crippen LogP contribution >= 0.6 is 0 Å². The largest absolute Gasteiger partial charge is 0.465 e. The zero-order valence-electron chi connectivity index (χ0n) is 23.1. The molecule has 0 aliphatic carbocycles. The molecule has 5 amide bonds. The number of rotatable bonds is 11. The van der Waals surface area contributed by atoms with Gasteiger partial charge in [0.1, 0.15) is 5.82 Å². The third kappa shape index (κ3) is 5.64. The molecule has 0 spiro atoms. The van der Waals surface area contributed by atoms with Gasteiger partial charge < -0.3 is 29.6 Å². The minimum Gasteiger partial charge on any atom is -0.465 e. The molecule has 0 radical (unpaired) electrons. The highest BCUT2D eigenvalue weighted by atomic mass is 16.6. The van der Waals surface area contributed by atoms with Gasteiger partial charge in [-0.3, -0.25) is 14.5 Å². The summed E-state index contributed by atoms with van der Waals surface area (Å²) in [5.74, 6) is -6.33. The van der Waals surface area contributed by atoms with Gasteiger partial charge in [0.15, 0.2) is 12.0 Å². The van der Waals surface area contributed by atoms with Gasteiger partial charge in [0.05, 0.1) is 30.6 Å². The van der Waals surface area contributed by atoms with E-state index in [1.165, 1.54) is 39.8 Å². The molecule has 2 aliphatic heterocycles. The molecule has 2 heterocycles. The Bertz CT molecular complexity index is 1120. The average molecular weight is 555 g/mol. The van der Waals surface area contributed by atoms with Gasteiger partial charge in [0, 0.05) is 21.1 Å². The van der Waals surface area contributed by atoms with Crippen LogP contribution in [0.1, 0.15) is 34.6 Å². The lowest BCUT2D eigenvalue weighted by atomic mass is 9.89. The highest BCUT2D eigenvalue weighted by Gasteiger charge is 2.73. The van der Waals surface area contributed by atoms with Crippen molar-refractivity contribution in [3.05, 3.63) is 11.4 Å². The number of ether oxygens (including phenoxy) is 4. The molecular formula is C23H34N6O10. The molecule has 0 saturated carbocycles. The third-order valence-electron chi connectivity index (χ3n) is 5.58. The fourth-order valence-electron chi connectivity index (χ4n) is 4.17. The maximum atomic E-state index is 13.9. The molecule has 3 N–H and O–H groups in total. The zero-order valence-corrected chi connectivity index (χ0v) is 23.1. The number of hydrazone groups is 1. The number of nitrogens with one attached hydrogen (secondary N) is 1. The number of esters is 3. The van der Waals surface area contributed by atoms with Crippen molar-refractivity contribution in [3.8, 4) is 0 Å². The number of hydrogen-bond acceptors (Lipinski definition) is 12. The molecule has 0 bridgehead atoms. The van der Waals surface area contributed by atoms with Crippen molar-refractivity contribution in [2.75, 3.05) is 34.4 Å². The van der Waals surface area contributed by atoms with Gasteiger partial charge in [-0.15, -0.1) is 0 Å². The highest BCUT2D eigenvalue weighted by molar-refractivity contribution is 6.14. The van der Waals surface area contributed by atoms with E-state index in [-0.39, 0.29) is 24.7 Å². The van der Waals surface area contributed by atoms with Crippen molar-refractivity contribution in [3.63, 3.8) is 0 Å². The number of carbonyl (C=O) groups is 6. The Morgan fingerprint density at radius 3 is 2.21 bits per heavy atom. The van der Waals surface area contributed by atoms with Crippen molar-refractivity contribution in [1.29, 1.82) is 0 Å². The lowest BCUT2D eigenvalue weighted by molar-refractivity contribution is -0.197. The van der Waals surface area contributed by atoms with E-state index in [0.717, 1.165) is 11.9 Å². The fourth-order valence-corrected chi connectivity index (χ4v) is 4.17. The monoisotopic (exact) mass is 554 g/mol. The van der Waals surface area contributed by atoms with Crippen molar-refractivity contribution in [2.45, 2.75) is 52.6 Å². The molecule has 2 aliphatic rings. The van der Waals surface area contributed by atoms with Crippen LogP contribution in [0.25, 0.3) is 0 Å². The first-order valence-corrected chi connectivity index (χ1v) is 12.0. The van der Waals surface area contributed by atoms with Crippen LogP contribution in [0.4, 0.5) is 9.59 Å². The molecule has 16 heteroatoms. The fraction of sp³-hybridized carbons (Fsp3) is 0.609. The molecule has 0 aromatic carbocycles. The molecule has 3 unspecified atom stereocenters. The molecule has 39 heavy (non-hydrogen) atoms. The minimum absolute atomic E-state index is 0.0951. The standard InChI is InChI=1S/C23H34N6O10/c1-9-36-17(30)13-14(18(31)37-10-2)23(20(33)28(8)22(35)29(23)16(13)27(6)7)39-15(19(32)38-11(3)4)12(5)25-26-21(24)34/h11,14-15H,9-10H2,1-8H3,(H3,24,26,34)/b25-12+. The van der Waals surface area contributed by atoms with Crippen molar-refractivity contribution >= 4 is 41.6 Å². The number of urea groups is 2. The first-order valence-electron chi connectivity index (χ1n) is 12.0. The Labute approximate surface area is 225 Å². The summed E-state index contributed by atoms with van der Waals surface area (Å²) >= 11 is 0. The van der Waals surface area contributed by atoms with E-state index in [2.05, 4.69) is 5.10 Å². The van der Waals surface area contributed by atoms with Gasteiger partial charge in [0.25, 0.3) is 11.6 Å². The predicted octanol–water partition coefficient (Wildman–Crippen LogP) is -0.513. The number of primary amides is 1. The number of amides is 5. The van der Waals surface area contributed by atoms with E-state index in [1.807, 2.05) is 5.43 Å². The molecule has 16 nitrogen and oxygen atoms in total. The smallest absolute Gasteiger partial charge is 0.341 e. The Hall–Kier alpha value is -4.21. The normalized spacial score (nSPS) is 21.7. The highest BCUT2D eigenvalue weighted by Crippen LogP contribution is 2.50. The van der Waals surface area contributed by atoms with Crippen molar-refractivity contribution < 1.29 is 47.7 Å². The average Bonchev–Trinajstić information content (AvgIpc) is 3.24. The second-order valence-corrected chi connectivity index (χ2v) is 8.93. The summed E-state index contributed by atoms with van der Waals surface area (Å²) in [5.41, 5.74) is 3.75. The van der Waals surface area contributed by atoms with E-state index >= 15 is 0 Å². The zero-order chi connectivity index (χ0) is 29.8. The first-order chi connectivity index (χ1) is 18.2. The number of fused-ring (bicyclic) bond motifs is 1. The Morgan fingerprint density at radius 2 is 1.72 bits per heavy atom. The number of carbonyl (C=O) groups excluding carboxylic acids is 6. The third-order valence-corrected chi connectivity index (χ3v) is 5.58. The lowest BCUT2D eigenvalue weighted by Gasteiger charge is -2.36. The molecule has 0 aromatic heterocycles. The van der Waals surface area contributed by atoms with Gasteiger partial charge in [-0.25, -0.2) is 29.5 Å². The molecule has 1 fully saturated rings. The maximum Gasteiger partial charge on any atom is 0.341 e. The van der Waals surface area contributed by atoms with Crippen LogP contribution in [-0.2, 0) is 38.1 Å². The van der Waals surface area contributed by atoms with Crippen molar-refractivity contribution in [1.82, 2.24) is 20.1 Å². The molecule has 0 aromatic rings. The number of likely N-dealkylation sites (N-methyl/N-ethyl adjacent to an activating group) is 1. The van der Waals surface area contributed by atoms with E-state index in [9.17, 15) is 28.8 Å². The molecule has 3 atom stereocenters. The van der Waals surface area contributed by atoms with Gasteiger partial charge >= 0.3 is 30.0 Å². The number of nitrogens with two attached hydrogens (primary N) is 1. The summed E-state index contributed by atoms with van der Waals surface area (Å²) in [6.45, 7) is 7.14. The SMILES string of the molecule is CCOC(=O)C1=C(N(C)C)N2C(=O)N(C)C(=O)C2(OC(C(=O)OC(C)C)/C(C)=N/NC(N)=O)C1C(=O)OCC. The number of nitrogens with zero attached hydrogens (tertiary/aromatic N) is 4. The van der Waals surface area contributed by atoms with Gasteiger partial charge in [0.2, 0.25) is 0 Å². The van der Waals surface area contributed by atoms with Crippen LogP contribution in [0.5, 0.6) is 0 Å². The van der Waals surface area contributed by atoms with Crippen LogP contribution in [-0.4, -0.2) is 109 Å². The summed E-state index contributed by atoms with van der Waals surface area (Å²) in [5, 5.41) is 3.72. The summed E-state index contributed by atoms with van der Waals surface area (Å²) in [4.78, 5) is 81.2. The van der Waals surface area contributed by atoms with Crippen LogP contribution < -0.4 is 11.2 Å². The predicted molar refractivity (Wildman–Crippen MR) is 132 cm³/mol. The minimum atomic E-state index is -2.63. The topological polar surface area (TPSA) is 199 Å². The molecule has 216 valence electrons. The van der Waals surface area contributed by atoms with Gasteiger partial charge in [-0.1, -0.05) is 0 Å². The van der Waals surface area contributed by atoms with Gasteiger partial charge in [-0.2, -0.15) is 5.10 Å². The van der Waals surface area contributed by atoms with E-state index in [0.29, 0.717) is 4.90 Å². The lowest BCUT2D eigenvalue weighted by Crippen LogP contribution is -2.60. The van der Waals surface area contributed by atoms with Crippen molar-refractivity contribution in [2.24, 2.45) is 16.8 Å². The summed E-state index contributed by atoms with van der Waals surface area (Å²) in [6.07, 6.45) is -2.53. The van der Waals surface area contributed by atoms with E-state index < -0.39 is 65.3 Å². The Morgan fingerprint density at radius 1 is 1.13 bits per heavy atom. The van der Waals surface area contributed by atoms with E-state index in [1.54, 1.807) is 13.8 Å². The number of imide groups is 1. The summed E-state index contributed by atoms with van der Waals surface area (Å²) < 4.78 is 21.7. The maximum absolute atomic E-state index is 13.9. The molecular weight excluding hydrogens is 520 g/mol. The quantitative estimate of drug-likeness (QED) is 0.110.